The summed E-state index contributed by atoms with van der Waals surface area (Å²) in [5.41, 5.74) is -0.366. The van der Waals surface area contributed by atoms with Gasteiger partial charge in [-0.1, -0.05) is 19.9 Å². The summed E-state index contributed by atoms with van der Waals surface area (Å²) < 4.78 is 12.9. The molecule has 0 aliphatic carbocycles. The van der Waals surface area contributed by atoms with Gasteiger partial charge < -0.3 is 10.2 Å². The van der Waals surface area contributed by atoms with Crippen LogP contribution in [0.5, 0.6) is 0 Å². The molecule has 15 heavy (non-hydrogen) atoms. The van der Waals surface area contributed by atoms with Crippen LogP contribution in [0.1, 0.15) is 29.8 Å². The van der Waals surface area contributed by atoms with Crippen LogP contribution >= 0.6 is 0 Å². The van der Waals surface area contributed by atoms with Crippen molar-refractivity contribution in [2.75, 3.05) is 6.61 Å². The lowest BCUT2D eigenvalue weighted by atomic mass is 9.82. The number of carbonyl (C=O) groups is 1. The highest BCUT2D eigenvalue weighted by molar-refractivity contribution is 5.89. The van der Waals surface area contributed by atoms with Crippen molar-refractivity contribution in [1.29, 1.82) is 0 Å². The Morgan fingerprint density at radius 3 is 2.53 bits per heavy atom. The van der Waals surface area contributed by atoms with Crippen LogP contribution in [0.15, 0.2) is 18.2 Å². The zero-order valence-electron chi connectivity index (χ0n) is 8.62. The lowest BCUT2D eigenvalue weighted by Gasteiger charge is -2.24. The topological polar surface area (TPSA) is 57.5 Å². The average molecular weight is 212 g/mol. The summed E-state index contributed by atoms with van der Waals surface area (Å²) in [6, 6.07) is 3.56. The van der Waals surface area contributed by atoms with Gasteiger partial charge in [-0.05, 0) is 17.7 Å². The molecule has 1 aromatic carbocycles. The van der Waals surface area contributed by atoms with Crippen LogP contribution in [0, 0.1) is 5.82 Å². The third-order valence-corrected chi connectivity index (χ3v) is 2.34. The number of benzene rings is 1. The second-order valence-electron chi connectivity index (χ2n) is 4.04. The van der Waals surface area contributed by atoms with Crippen molar-refractivity contribution in [3.8, 4) is 0 Å². The van der Waals surface area contributed by atoms with Gasteiger partial charge in [0.05, 0.1) is 12.2 Å². The Morgan fingerprint density at radius 2 is 2.07 bits per heavy atom. The molecular weight excluding hydrogens is 199 g/mol. The standard InChI is InChI=1S/C11H13FO3/c1-11(2,6-13)9-4-3-7(12)5-8(9)10(14)15/h3-5,13H,6H2,1-2H3,(H,14,15). The first-order chi connectivity index (χ1) is 6.88. The molecule has 0 aliphatic heterocycles. The van der Waals surface area contributed by atoms with Gasteiger partial charge in [0.2, 0.25) is 0 Å². The Bertz CT molecular complexity index is 385. The Kier molecular flexibility index (Phi) is 3.09. The molecule has 0 aliphatic rings. The van der Waals surface area contributed by atoms with Gasteiger partial charge in [0.15, 0.2) is 0 Å². The van der Waals surface area contributed by atoms with Crippen molar-refractivity contribution in [3.63, 3.8) is 0 Å². The lowest BCUT2D eigenvalue weighted by Crippen LogP contribution is -2.25. The predicted octanol–water partition coefficient (Wildman–Crippen LogP) is 1.79. The molecule has 2 N–H and O–H groups in total. The van der Waals surface area contributed by atoms with Crippen molar-refractivity contribution < 1.29 is 19.4 Å². The Morgan fingerprint density at radius 1 is 1.47 bits per heavy atom. The second-order valence-corrected chi connectivity index (χ2v) is 4.04. The summed E-state index contributed by atoms with van der Waals surface area (Å²) in [5.74, 6) is -1.78. The van der Waals surface area contributed by atoms with Gasteiger partial charge >= 0.3 is 5.97 Å². The Balaban J connectivity index is 3.35. The van der Waals surface area contributed by atoms with Crippen LogP contribution in [-0.2, 0) is 5.41 Å². The van der Waals surface area contributed by atoms with Crippen molar-refractivity contribution in [3.05, 3.63) is 35.1 Å². The van der Waals surface area contributed by atoms with E-state index in [4.69, 9.17) is 10.2 Å². The molecule has 3 nitrogen and oxygen atoms in total. The summed E-state index contributed by atoms with van der Waals surface area (Å²) >= 11 is 0. The molecule has 0 bridgehead atoms. The molecule has 0 saturated carbocycles. The monoisotopic (exact) mass is 212 g/mol. The number of aliphatic hydroxyl groups excluding tert-OH is 1. The molecule has 82 valence electrons. The number of halogens is 1. The van der Waals surface area contributed by atoms with Crippen molar-refractivity contribution >= 4 is 5.97 Å². The highest BCUT2D eigenvalue weighted by Gasteiger charge is 2.25. The first kappa shape index (κ1) is 11.7. The summed E-state index contributed by atoms with van der Waals surface area (Å²) in [5, 5.41) is 18.0. The third kappa shape index (κ3) is 2.33. The molecule has 1 aromatic rings. The molecular formula is C11H13FO3. The van der Waals surface area contributed by atoms with Gasteiger partial charge in [-0.25, -0.2) is 9.18 Å². The SMILES string of the molecule is CC(C)(CO)c1ccc(F)cc1C(=O)O. The summed E-state index contributed by atoms with van der Waals surface area (Å²) in [7, 11) is 0. The Hall–Kier alpha value is -1.42. The maximum Gasteiger partial charge on any atom is 0.336 e. The zero-order chi connectivity index (χ0) is 11.6. The van der Waals surface area contributed by atoms with Crippen LogP contribution in [-0.4, -0.2) is 22.8 Å². The molecule has 0 aromatic heterocycles. The molecule has 0 saturated heterocycles. The molecule has 0 atom stereocenters. The smallest absolute Gasteiger partial charge is 0.336 e. The molecule has 0 radical (unpaired) electrons. The van der Waals surface area contributed by atoms with Crippen LogP contribution < -0.4 is 0 Å². The normalized spacial score (nSPS) is 11.5. The molecule has 0 fully saturated rings. The highest BCUT2D eigenvalue weighted by Crippen LogP contribution is 2.26. The van der Waals surface area contributed by atoms with Gasteiger partial charge in [0, 0.05) is 5.41 Å². The first-order valence-corrected chi connectivity index (χ1v) is 4.52. The quantitative estimate of drug-likeness (QED) is 0.803. The number of hydrogen-bond donors (Lipinski definition) is 2. The van der Waals surface area contributed by atoms with Crippen molar-refractivity contribution in [2.45, 2.75) is 19.3 Å². The van der Waals surface area contributed by atoms with Crippen LogP contribution in [0.25, 0.3) is 0 Å². The molecule has 0 amide bonds. The number of carboxylic acid groups (broad SMARTS) is 1. The summed E-state index contributed by atoms with van der Waals surface area (Å²) in [6.07, 6.45) is 0. The number of carboxylic acids is 1. The highest BCUT2D eigenvalue weighted by atomic mass is 19.1. The minimum Gasteiger partial charge on any atom is -0.478 e. The molecule has 0 spiro atoms. The van der Waals surface area contributed by atoms with E-state index in [0.717, 1.165) is 6.07 Å². The number of aliphatic hydroxyl groups is 1. The molecule has 0 heterocycles. The average Bonchev–Trinajstić information content (AvgIpc) is 2.17. The van der Waals surface area contributed by atoms with Gasteiger partial charge in [-0.15, -0.1) is 0 Å². The summed E-state index contributed by atoms with van der Waals surface area (Å²) in [4.78, 5) is 10.9. The van der Waals surface area contributed by atoms with E-state index >= 15 is 0 Å². The minimum absolute atomic E-state index is 0.103. The third-order valence-electron chi connectivity index (χ3n) is 2.34. The van der Waals surface area contributed by atoms with E-state index < -0.39 is 17.2 Å². The number of rotatable bonds is 3. The maximum atomic E-state index is 12.9. The number of hydrogen-bond acceptors (Lipinski definition) is 2. The van der Waals surface area contributed by atoms with E-state index in [1.54, 1.807) is 13.8 Å². The molecule has 1 rings (SSSR count). The van der Waals surface area contributed by atoms with E-state index in [0.29, 0.717) is 5.56 Å². The van der Waals surface area contributed by atoms with E-state index in [9.17, 15) is 9.18 Å². The summed E-state index contributed by atoms with van der Waals surface area (Å²) in [6.45, 7) is 3.21. The van der Waals surface area contributed by atoms with E-state index in [1.807, 2.05) is 0 Å². The maximum absolute atomic E-state index is 12.9. The fraction of sp³-hybridized carbons (Fsp3) is 0.364. The Labute approximate surface area is 87.2 Å². The van der Waals surface area contributed by atoms with E-state index in [-0.39, 0.29) is 12.2 Å². The fourth-order valence-electron chi connectivity index (χ4n) is 1.37. The van der Waals surface area contributed by atoms with Gasteiger partial charge in [0.1, 0.15) is 5.82 Å². The van der Waals surface area contributed by atoms with E-state index in [1.165, 1.54) is 12.1 Å². The first-order valence-electron chi connectivity index (χ1n) is 4.52. The van der Waals surface area contributed by atoms with Crippen LogP contribution in [0.4, 0.5) is 4.39 Å². The van der Waals surface area contributed by atoms with Gasteiger partial charge in [-0.3, -0.25) is 0 Å². The van der Waals surface area contributed by atoms with Crippen LogP contribution in [0.3, 0.4) is 0 Å². The van der Waals surface area contributed by atoms with Gasteiger partial charge in [-0.2, -0.15) is 0 Å². The van der Waals surface area contributed by atoms with Crippen molar-refractivity contribution in [2.24, 2.45) is 0 Å². The second kappa shape index (κ2) is 3.98. The van der Waals surface area contributed by atoms with Crippen LogP contribution in [0.2, 0.25) is 0 Å². The largest absolute Gasteiger partial charge is 0.478 e. The van der Waals surface area contributed by atoms with Gasteiger partial charge in [0.25, 0.3) is 0 Å². The molecule has 4 heteroatoms. The molecule has 0 unspecified atom stereocenters. The van der Waals surface area contributed by atoms with Crippen molar-refractivity contribution in [1.82, 2.24) is 0 Å². The minimum atomic E-state index is -1.19. The zero-order valence-corrected chi connectivity index (χ0v) is 8.62. The predicted molar refractivity (Wildman–Crippen MR) is 53.5 cm³/mol. The fourth-order valence-corrected chi connectivity index (χ4v) is 1.37. The van der Waals surface area contributed by atoms with E-state index in [2.05, 4.69) is 0 Å². The number of aromatic carboxylic acids is 1. The lowest BCUT2D eigenvalue weighted by molar-refractivity contribution is 0.0692.